The lowest BCUT2D eigenvalue weighted by Crippen LogP contribution is -2.44. The van der Waals surface area contributed by atoms with Gasteiger partial charge < -0.3 is 5.32 Å². The van der Waals surface area contributed by atoms with Crippen molar-refractivity contribution in [3.63, 3.8) is 0 Å². The van der Waals surface area contributed by atoms with Crippen LogP contribution in [-0.2, 0) is 4.79 Å². The van der Waals surface area contributed by atoms with Crippen LogP contribution >= 0.6 is 0 Å². The molecule has 3 aromatic rings. The molecule has 0 bridgehead atoms. The van der Waals surface area contributed by atoms with Crippen LogP contribution in [0.2, 0.25) is 0 Å². The third-order valence-electron chi connectivity index (χ3n) is 5.03. The fraction of sp³-hybridized carbons (Fsp3) is 0.286. The van der Waals surface area contributed by atoms with Crippen molar-refractivity contribution >= 4 is 16.8 Å². The summed E-state index contributed by atoms with van der Waals surface area (Å²) in [5, 5.41) is 3.14. The molecule has 1 fully saturated rings. The van der Waals surface area contributed by atoms with Crippen molar-refractivity contribution in [2.75, 3.05) is 0 Å². The maximum atomic E-state index is 14.4. The van der Waals surface area contributed by atoms with E-state index in [2.05, 4.69) is 5.32 Å². The van der Waals surface area contributed by atoms with Crippen LogP contribution in [0.25, 0.3) is 16.6 Å². The highest BCUT2D eigenvalue weighted by Crippen LogP contribution is 2.21. The quantitative estimate of drug-likeness (QED) is 0.754. The van der Waals surface area contributed by atoms with Crippen LogP contribution in [0.1, 0.15) is 31.4 Å². The molecule has 0 saturated heterocycles. The maximum absolute atomic E-state index is 14.4. The molecule has 0 radical (unpaired) electrons. The first kappa shape index (κ1) is 18.2. The summed E-state index contributed by atoms with van der Waals surface area (Å²) in [5.74, 6) is -0.986. The highest BCUT2D eigenvalue weighted by molar-refractivity contribution is 5.85. The molecule has 0 aliphatic heterocycles. The number of carbonyl (C=O) groups is 1. The second-order valence-corrected chi connectivity index (χ2v) is 7.22. The van der Waals surface area contributed by atoms with Crippen LogP contribution in [0.5, 0.6) is 0 Å². The van der Waals surface area contributed by atoms with Crippen LogP contribution in [0.15, 0.2) is 52.1 Å². The number of aromatic nitrogens is 2. The highest BCUT2D eigenvalue weighted by Gasteiger charge is 2.28. The van der Waals surface area contributed by atoms with Crippen LogP contribution < -0.4 is 16.6 Å². The number of carbonyl (C=O) groups excluding carboxylic acids is 1. The van der Waals surface area contributed by atoms with Gasteiger partial charge in [0.05, 0.1) is 16.6 Å². The number of nitrogens with one attached hydrogen (secondary N) is 1. The van der Waals surface area contributed by atoms with E-state index in [1.165, 1.54) is 22.8 Å². The van der Waals surface area contributed by atoms with Gasteiger partial charge in [-0.2, -0.15) is 0 Å². The Morgan fingerprint density at radius 2 is 1.89 bits per heavy atom. The molecule has 1 aliphatic carbocycles. The maximum Gasteiger partial charge on any atom is 0.336 e. The molecule has 1 saturated carbocycles. The molecular formula is C21H20FN3O3. The molecule has 4 rings (SSSR count). The number of hydrogen-bond donors (Lipinski definition) is 1. The SMILES string of the molecule is Cc1ccc2c(c1)c(=O)n(-c1ccccc1F)c(=O)n2[C@@H](C)C(=O)NC1CC1. The minimum absolute atomic E-state index is 0.135. The monoisotopic (exact) mass is 381 g/mol. The Morgan fingerprint density at radius 1 is 1.18 bits per heavy atom. The van der Waals surface area contributed by atoms with Crippen LogP contribution in [0, 0.1) is 12.7 Å². The van der Waals surface area contributed by atoms with E-state index in [-0.39, 0.29) is 23.0 Å². The Morgan fingerprint density at radius 3 is 2.57 bits per heavy atom. The third kappa shape index (κ3) is 3.02. The number of aryl methyl sites for hydroxylation is 1. The summed E-state index contributed by atoms with van der Waals surface area (Å²) in [6.07, 6.45) is 1.84. The van der Waals surface area contributed by atoms with Crippen molar-refractivity contribution in [1.29, 1.82) is 0 Å². The Balaban J connectivity index is 2.03. The molecule has 1 amide bonds. The molecule has 1 aliphatic rings. The van der Waals surface area contributed by atoms with E-state index in [9.17, 15) is 18.8 Å². The van der Waals surface area contributed by atoms with Crippen molar-refractivity contribution in [2.24, 2.45) is 0 Å². The summed E-state index contributed by atoms with van der Waals surface area (Å²) in [7, 11) is 0. The Hall–Kier alpha value is -3.22. The summed E-state index contributed by atoms with van der Waals surface area (Å²) < 4.78 is 16.5. The van der Waals surface area contributed by atoms with Gasteiger partial charge in [0.2, 0.25) is 5.91 Å². The molecule has 7 heteroatoms. The zero-order valence-corrected chi connectivity index (χ0v) is 15.6. The van der Waals surface area contributed by atoms with E-state index in [4.69, 9.17) is 0 Å². The van der Waals surface area contributed by atoms with Crippen molar-refractivity contribution in [1.82, 2.24) is 14.5 Å². The van der Waals surface area contributed by atoms with Crippen LogP contribution in [0.4, 0.5) is 4.39 Å². The fourth-order valence-corrected chi connectivity index (χ4v) is 3.34. The van der Waals surface area contributed by atoms with Gasteiger partial charge in [-0.25, -0.2) is 13.8 Å². The Labute approximate surface area is 160 Å². The molecule has 6 nitrogen and oxygen atoms in total. The van der Waals surface area contributed by atoms with Crippen LogP contribution in [-0.4, -0.2) is 21.1 Å². The van der Waals surface area contributed by atoms with Gasteiger partial charge in [-0.3, -0.25) is 14.2 Å². The van der Waals surface area contributed by atoms with E-state index in [0.29, 0.717) is 5.52 Å². The number of nitrogens with zero attached hydrogens (tertiary/aromatic N) is 2. The van der Waals surface area contributed by atoms with Crippen molar-refractivity contribution in [2.45, 2.75) is 38.8 Å². The van der Waals surface area contributed by atoms with E-state index in [1.807, 2.05) is 6.92 Å². The van der Waals surface area contributed by atoms with Gasteiger partial charge in [0, 0.05) is 6.04 Å². The number of fused-ring (bicyclic) bond motifs is 1. The van der Waals surface area contributed by atoms with Gasteiger partial charge in [-0.05, 0) is 51.0 Å². The molecule has 28 heavy (non-hydrogen) atoms. The van der Waals surface area contributed by atoms with Gasteiger partial charge >= 0.3 is 5.69 Å². The van der Waals surface area contributed by atoms with E-state index in [1.54, 1.807) is 31.2 Å². The van der Waals surface area contributed by atoms with Crippen LogP contribution in [0.3, 0.4) is 0 Å². The largest absolute Gasteiger partial charge is 0.352 e. The average molecular weight is 381 g/mol. The van der Waals surface area contributed by atoms with Gasteiger partial charge in [-0.1, -0.05) is 23.8 Å². The number of hydrogen-bond acceptors (Lipinski definition) is 3. The lowest BCUT2D eigenvalue weighted by molar-refractivity contribution is -0.124. The molecular weight excluding hydrogens is 361 g/mol. The van der Waals surface area contributed by atoms with E-state index in [0.717, 1.165) is 23.0 Å². The Bertz CT molecular complexity index is 1210. The Kier molecular flexibility index (Phi) is 4.37. The lowest BCUT2D eigenvalue weighted by Gasteiger charge is -2.20. The summed E-state index contributed by atoms with van der Waals surface area (Å²) in [6, 6.07) is 9.97. The first-order valence-corrected chi connectivity index (χ1v) is 9.21. The number of para-hydroxylation sites is 1. The normalized spacial score (nSPS) is 14.8. The van der Waals surface area contributed by atoms with Crippen molar-refractivity contribution in [3.05, 3.63) is 74.7 Å². The molecule has 0 spiro atoms. The standard InChI is InChI=1S/C21H20FN3O3/c1-12-7-10-17-15(11-12)20(27)25(18-6-4-3-5-16(18)22)21(28)24(17)13(2)19(26)23-14-8-9-14/h3-7,10-11,13-14H,8-9H2,1-2H3,(H,23,26)/t13-/m0/s1. The first-order chi connectivity index (χ1) is 13.4. The smallest absolute Gasteiger partial charge is 0.336 e. The lowest BCUT2D eigenvalue weighted by atomic mass is 10.1. The second-order valence-electron chi connectivity index (χ2n) is 7.22. The number of halogens is 1. The second kappa shape index (κ2) is 6.74. The zero-order chi connectivity index (χ0) is 20.0. The molecule has 1 atom stereocenters. The van der Waals surface area contributed by atoms with Gasteiger partial charge in [0.1, 0.15) is 11.9 Å². The van der Waals surface area contributed by atoms with E-state index < -0.39 is 23.1 Å². The molecule has 2 aromatic carbocycles. The molecule has 1 heterocycles. The fourth-order valence-electron chi connectivity index (χ4n) is 3.34. The number of amides is 1. The number of rotatable bonds is 4. The number of benzene rings is 2. The molecule has 1 aromatic heterocycles. The molecule has 1 N–H and O–H groups in total. The predicted octanol–water partition coefficient (Wildman–Crippen LogP) is 2.44. The topological polar surface area (TPSA) is 73.1 Å². The van der Waals surface area contributed by atoms with E-state index >= 15 is 0 Å². The third-order valence-corrected chi connectivity index (χ3v) is 5.03. The summed E-state index contributed by atoms with van der Waals surface area (Å²) >= 11 is 0. The highest BCUT2D eigenvalue weighted by atomic mass is 19.1. The van der Waals surface area contributed by atoms with Gasteiger partial charge in [0.15, 0.2) is 0 Å². The first-order valence-electron chi connectivity index (χ1n) is 9.21. The minimum Gasteiger partial charge on any atom is -0.352 e. The van der Waals surface area contributed by atoms with Gasteiger partial charge in [0.25, 0.3) is 5.56 Å². The predicted molar refractivity (Wildman–Crippen MR) is 104 cm³/mol. The minimum atomic E-state index is -0.850. The molecule has 144 valence electrons. The molecule has 0 unspecified atom stereocenters. The summed E-state index contributed by atoms with van der Waals surface area (Å²) in [5.41, 5.74) is -0.314. The van der Waals surface area contributed by atoms with Crippen molar-refractivity contribution in [3.8, 4) is 5.69 Å². The van der Waals surface area contributed by atoms with Crippen molar-refractivity contribution < 1.29 is 9.18 Å². The van der Waals surface area contributed by atoms with Gasteiger partial charge in [-0.15, -0.1) is 0 Å². The zero-order valence-electron chi connectivity index (χ0n) is 15.6. The average Bonchev–Trinajstić information content (AvgIpc) is 3.47. The summed E-state index contributed by atoms with van der Waals surface area (Å²) in [6.45, 7) is 3.43. The summed E-state index contributed by atoms with van der Waals surface area (Å²) in [4.78, 5) is 39.0.